The van der Waals surface area contributed by atoms with Crippen LogP contribution in [-0.2, 0) is 14.3 Å². The van der Waals surface area contributed by atoms with Gasteiger partial charge in [0.25, 0.3) is 0 Å². The number of dihydropyridines is 1. The number of phenols is 1. The Morgan fingerprint density at radius 3 is 2.36 bits per heavy atom. The molecule has 0 radical (unpaired) electrons. The third-order valence-electron chi connectivity index (χ3n) is 7.13. The Hall–Kier alpha value is -3.59. The van der Waals surface area contributed by atoms with Crippen LogP contribution in [0.3, 0.4) is 0 Å². The maximum Gasteiger partial charge on any atom is 0.336 e. The Labute approximate surface area is 233 Å². The van der Waals surface area contributed by atoms with Crippen LogP contribution in [0.15, 0.2) is 58.9 Å². The lowest BCUT2D eigenvalue weighted by molar-refractivity contribution is -0.138. The molecule has 0 unspecified atom stereocenters. The Morgan fingerprint density at radius 1 is 1.00 bits per heavy atom. The van der Waals surface area contributed by atoms with Gasteiger partial charge in [-0.1, -0.05) is 19.1 Å². The lowest BCUT2D eigenvalue weighted by Crippen LogP contribution is -2.36. The minimum Gasteiger partial charge on any atom is -0.504 e. The van der Waals surface area contributed by atoms with E-state index < -0.39 is 11.9 Å². The fourth-order valence-corrected chi connectivity index (χ4v) is 5.78. The molecular formula is C30H35NO7S. The molecule has 0 aromatic heterocycles. The molecule has 0 amide bonds. The molecule has 1 aliphatic heterocycles. The van der Waals surface area contributed by atoms with Gasteiger partial charge in [-0.3, -0.25) is 4.79 Å². The van der Waals surface area contributed by atoms with Crippen molar-refractivity contribution in [1.29, 1.82) is 0 Å². The number of hydrogen-bond donors (Lipinski definition) is 2. The smallest absolute Gasteiger partial charge is 0.336 e. The van der Waals surface area contributed by atoms with Gasteiger partial charge >= 0.3 is 5.97 Å². The highest BCUT2D eigenvalue weighted by Gasteiger charge is 2.41. The zero-order chi connectivity index (χ0) is 28.1. The van der Waals surface area contributed by atoms with Crippen LogP contribution in [0, 0.1) is 0 Å². The summed E-state index contributed by atoms with van der Waals surface area (Å²) in [6.07, 6.45) is 0.838. The number of ketones is 1. The summed E-state index contributed by atoms with van der Waals surface area (Å²) in [5.41, 5.74) is 3.88. The van der Waals surface area contributed by atoms with Gasteiger partial charge < -0.3 is 29.4 Å². The fraction of sp³-hybridized carbons (Fsp3) is 0.400. The number of phenolic OH excluding ortho intramolecular Hbond substituents is 1. The summed E-state index contributed by atoms with van der Waals surface area (Å²) < 4.78 is 21.7. The molecule has 2 aliphatic rings. The van der Waals surface area contributed by atoms with Gasteiger partial charge in [0.2, 0.25) is 0 Å². The molecule has 0 bridgehead atoms. The van der Waals surface area contributed by atoms with Crippen molar-refractivity contribution < 1.29 is 33.6 Å². The molecule has 2 aromatic rings. The Bertz CT molecular complexity index is 1320. The molecule has 0 saturated carbocycles. The van der Waals surface area contributed by atoms with Gasteiger partial charge in [-0.05, 0) is 60.4 Å². The van der Waals surface area contributed by atoms with Crippen LogP contribution >= 0.6 is 11.8 Å². The zero-order valence-corrected chi connectivity index (χ0v) is 23.8. The second kappa shape index (κ2) is 12.5. The third-order valence-corrected chi connectivity index (χ3v) is 7.99. The van der Waals surface area contributed by atoms with E-state index in [9.17, 15) is 14.7 Å². The average molecular weight is 554 g/mol. The van der Waals surface area contributed by atoms with E-state index in [1.807, 2.05) is 32.0 Å². The van der Waals surface area contributed by atoms with Gasteiger partial charge in [0.1, 0.15) is 6.61 Å². The van der Waals surface area contributed by atoms with Crippen LogP contribution in [0.25, 0.3) is 0 Å². The molecule has 9 heteroatoms. The van der Waals surface area contributed by atoms with E-state index in [1.54, 1.807) is 44.2 Å². The molecule has 2 N–H and O–H groups in total. The molecule has 0 saturated heterocycles. The number of hydrogen-bond acceptors (Lipinski definition) is 9. The number of Topliss-reactive ketones (excluding diaryl/α,β-unsaturated/α-hetero) is 1. The van der Waals surface area contributed by atoms with E-state index in [0.29, 0.717) is 51.8 Å². The van der Waals surface area contributed by atoms with E-state index in [4.69, 9.17) is 18.9 Å². The summed E-state index contributed by atoms with van der Waals surface area (Å²) in [7, 11) is 4.64. The SMILES string of the molecule is CCSCCOC(=O)C1=C(C)NC2=C(C(=O)C[C@@H](c3ccc(OC)c(OC)c3)C2)[C@@H]1c1ccc(OC)c(O)c1. The molecule has 0 fully saturated rings. The van der Waals surface area contributed by atoms with Crippen LogP contribution in [0.1, 0.15) is 49.7 Å². The van der Waals surface area contributed by atoms with Gasteiger partial charge in [-0.2, -0.15) is 11.8 Å². The van der Waals surface area contributed by atoms with E-state index in [-0.39, 0.29) is 30.5 Å². The van der Waals surface area contributed by atoms with Gasteiger partial charge in [0.05, 0.1) is 26.9 Å². The average Bonchev–Trinajstić information content (AvgIpc) is 2.93. The number of allylic oxidation sites excluding steroid dienone is 3. The van der Waals surface area contributed by atoms with Crippen LogP contribution in [0.5, 0.6) is 23.0 Å². The van der Waals surface area contributed by atoms with E-state index in [1.165, 1.54) is 7.11 Å². The molecular weight excluding hydrogens is 518 g/mol. The van der Waals surface area contributed by atoms with Gasteiger partial charge in [-0.15, -0.1) is 0 Å². The summed E-state index contributed by atoms with van der Waals surface area (Å²) in [5, 5.41) is 13.9. The van der Waals surface area contributed by atoms with Crippen molar-refractivity contribution in [2.24, 2.45) is 0 Å². The first-order valence-electron chi connectivity index (χ1n) is 12.9. The van der Waals surface area contributed by atoms with Crippen molar-refractivity contribution in [3.63, 3.8) is 0 Å². The first kappa shape index (κ1) is 28.4. The molecule has 0 spiro atoms. The zero-order valence-electron chi connectivity index (χ0n) is 23.0. The lowest BCUT2D eigenvalue weighted by Gasteiger charge is -2.37. The molecule has 208 valence electrons. The van der Waals surface area contributed by atoms with E-state index in [0.717, 1.165) is 17.0 Å². The van der Waals surface area contributed by atoms with E-state index >= 15 is 0 Å². The third kappa shape index (κ3) is 5.88. The second-order valence-electron chi connectivity index (χ2n) is 9.40. The van der Waals surface area contributed by atoms with Crippen LogP contribution in [0.4, 0.5) is 0 Å². The lowest BCUT2D eigenvalue weighted by atomic mass is 9.71. The number of benzene rings is 2. The molecule has 1 aliphatic carbocycles. The number of ether oxygens (including phenoxy) is 4. The molecule has 2 aromatic carbocycles. The van der Waals surface area contributed by atoms with Gasteiger partial charge in [-0.25, -0.2) is 4.79 Å². The second-order valence-corrected chi connectivity index (χ2v) is 10.8. The molecule has 4 rings (SSSR count). The first-order chi connectivity index (χ1) is 18.8. The summed E-state index contributed by atoms with van der Waals surface area (Å²) in [6, 6.07) is 10.7. The highest BCUT2D eigenvalue weighted by Crippen LogP contribution is 2.47. The van der Waals surface area contributed by atoms with E-state index in [2.05, 4.69) is 5.32 Å². The van der Waals surface area contributed by atoms with Crippen molar-refractivity contribution in [2.45, 2.75) is 38.5 Å². The Morgan fingerprint density at radius 2 is 1.69 bits per heavy atom. The maximum atomic E-state index is 13.8. The predicted molar refractivity (Wildman–Crippen MR) is 151 cm³/mol. The maximum absolute atomic E-state index is 13.8. The number of thioether (sulfide) groups is 1. The Kier molecular flexibility index (Phi) is 9.12. The summed E-state index contributed by atoms with van der Waals surface area (Å²) in [5.74, 6) is 1.80. The van der Waals surface area contributed by atoms with Crippen LogP contribution < -0.4 is 19.5 Å². The molecule has 8 nitrogen and oxygen atoms in total. The quantitative estimate of drug-likeness (QED) is 0.308. The van der Waals surface area contributed by atoms with Crippen molar-refractivity contribution in [3.05, 3.63) is 70.1 Å². The predicted octanol–water partition coefficient (Wildman–Crippen LogP) is 5.08. The number of rotatable bonds is 10. The number of esters is 1. The topological polar surface area (TPSA) is 103 Å². The highest BCUT2D eigenvalue weighted by molar-refractivity contribution is 7.99. The number of aromatic hydroxyl groups is 1. The number of carbonyl (C=O) groups excluding carboxylic acids is 2. The minimum absolute atomic E-state index is 0.0631. The summed E-state index contributed by atoms with van der Waals surface area (Å²) in [4.78, 5) is 27.2. The first-order valence-corrected chi connectivity index (χ1v) is 14.1. The van der Waals surface area contributed by atoms with Gasteiger partial charge in [0, 0.05) is 35.1 Å². The van der Waals surface area contributed by atoms with Crippen LogP contribution in [0.2, 0.25) is 0 Å². The van der Waals surface area contributed by atoms with Crippen molar-refractivity contribution in [2.75, 3.05) is 39.4 Å². The van der Waals surface area contributed by atoms with Crippen molar-refractivity contribution in [3.8, 4) is 23.0 Å². The number of methoxy groups -OCH3 is 3. The minimum atomic E-state index is -0.678. The highest BCUT2D eigenvalue weighted by atomic mass is 32.2. The largest absolute Gasteiger partial charge is 0.504 e. The van der Waals surface area contributed by atoms with Gasteiger partial charge in [0.15, 0.2) is 28.8 Å². The molecule has 1 heterocycles. The number of carbonyl (C=O) groups is 2. The normalized spacial score (nSPS) is 18.8. The summed E-state index contributed by atoms with van der Waals surface area (Å²) >= 11 is 1.69. The molecule has 39 heavy (non-hydrogen) atoms. The molecule has 2 atom stereocenters. The Balaban J connectivity index is 1.74. The van der Waals surface area contributed by atoms with Crippen molar-refractivity contribution >= 4 is 23.5 Å². The fourth-order valence-electron chi connectivity index (χ4n) is 5.29. The summed E-state index contributed by atoms with van der Waals surface area (Å²) in [6.45, 7) is 4.15. The monoisotopic (exact) mass is 553 g/mol. The standard InChI is InChI=1S/C30H35NO7S/c1-6-39-12-11-38-30(34)27-17(2)31-21-13-20(18-7-10-25(36-4)26(16-18)37-5)15-23(33)29(21)28(27)19-8-9-24(35-3)22(32)14-19/h7-10,14,16,20,28,31-32H,6,11-13,15H2,1-5H3/t20-,28+/m0/s1. The van der Waals surface area contributed by atoms with Crippen molar-refractivity contribution in [1.82, 2.24) is 5.32 Å². The van der Waals surface area contributed by atoms with Crippen LogP contribution in [-0.4, -0.2) is 56.3 Å². The number of nitrogens with one attached hydrogen (secondary N) is 1.